The van der Waals surface area contributed by atoms with Crippen LogP contribution in [-0.4, -0.2) is 31.1 Å². The van der Waals surface area contributed by atoms with Gasteiger partial charge in [-0.05, 0) is 38.1 Å². The van der Waals surface area contributed by atoms with Gasteiger partial charge in [-0.2, -0.15) is 0 Å². The molecular formula is C14H17NO4. The van der Waals surface area contributed by atoms with Crippen molar-refractivity contribution >= 4 is 17.6 Å². The minimum atomic E-state index is -1.09. The fourth-order valence-corrected chi connectivity index (χ4v) is 1.50. The molecule has 0 atom stereocenters. The maximum Gasteiger partial charge on any atom is 0.331 e. The predicted octanol–water partition coefficient (Wildman–Crippen LogP) is 2.08. The minimum absolute atomic E-state index is 0.0466. The van der Waals surface area contributed by atoms with Crippen LogP contribution in [0.25, 0.3) is 0 Å². The second-order valence-corrected chi connectivity index (χ2v) is 4.12. The van der Waals surface area contributed by atoms with Gasteiger partial charge in [0, 0.05) is 23.9 Å². The van der Waals surface area contributed by atoms with E-state index in [-0.39, 0.29) is 17.1 Å². The van der Waals surface area contributed by atoms with Gasteiger partial charge in [0.25, 0.3) is 5.91 Å². The summed E-state index contributed by atoms with van der Waals surface area (Å²) in [6.45, 7) is 2.92. The van der Waals surface area contributed by atoms with Crippen LogP contribution in [0, 0.1) is 0 Å². The summed E-state index contributed by atoms with van der Waals surface area (Å²) in [6.07, 6.45) is 0. The molecule has 1 aromatic carbocycles. The van der Waals surface area contributed by atoms with Crippen LogP contribution in [0.1, 0.15) is 13.8 Å². The third-order valence-corrected chi connectivity index (χ3v) is 2.97. The highest BCUT2D eigenvalue weighted by atomic mass is 16.5. The minimum Gasteiger partial charge on any atom is -0.497 e. The first-order chi connectivity index (χ1) is 8.88. The van der Waals surface area contributed by atoms with Crippen LogP contribution in [0.15, 0.2) is 35.4 Å². The molecule has 0 unspecified atom stereocenters. The van der Waals surface area contributed by atoms with Crippen molar-refractivity contribution in [1.82, 2.24) is 0 Å². The number of nitrogens with zero attached hydrogens (tertiary/aromatic N) is 1. The molecule has 0 aliphatic rings. The standard InChI is InChI=1S/C14H17NO4/c1-9(10(2)14(17)18)13(16)15(3)11-5-7-12(19-4)8-6-11/h5-8H,1-4H3,(H,17,18)/b10-9-. The van der Waals surface area contributed by atoms with Gasteiger partial charge < -0.3 is 14.7 Å². The van der Waals surface area contributed by atoms with Crippen LogP contribution >= 0.6 is 0 Å². The summed E-state index contributed by atoms with van der Waals surface area (Å²) in [5, 5.41) is 8.88. The van der Waals surface area contributed by atoms with E-state index in [0.29, 0.717) is 11.4 Å². The molecule has 0 aliphatic carbocycles. The number of carbonyl (C=O) groups is 2. The number of likely N-dealkylation sites (N-methyl/N-ethyl adjacent to an activating group) is 1. The number of anilines is 1. The van der Waals surface area contributed by atoms with E-state index in [2.05, 4.69) is 0 Å². The lowest BCUT2D eigenvalue weighted by atomic mass is 10.1. The Kier molecular flexibility index (Phi) is 4.69. The summed E-state index contributed by atoms with van der Waals surface area (Å²) >= 11 is 0. The van der Waals surface area contributed by atoms with Crippen molar-refractivity contribution in [3.05, 3.63) is 35.4 Å². The first-order valence-electron chi connectivity index (χ1n) is 5.71. The van der Waals surface area contributed by atoms with Crippen molar-refractivity contribution in [2.45, 2.75) is 13.8 Å². The molecule has 1 amide bonds. The van der Waals surface area contributed by atoms with Crippen molar-refractivity contribution in [3.63, 3.8) is 0 Å². The monoisotopic (exact) mass is 263 g/mol. The SMILES string of the molecule is COc1ccc(N(C)C(=O)/C(C)=C(/C)C(=O)O)cc1. The Morgan fingerprint density at radius 2 is 1.63 bits per heavy atom. The van der Waals surface area contributed by atoms with Gasteiger partial charge in [-0.25, -0.2) is 4.79 Å². The number of hydrogen-bond acceptors (Lipinski definition) is 3. The Labute approximate surface area is 112 Å². The van der Waals surface area contributed by atoms with Crippen molar-refractivity contribution < 1.29 is 19.4 Å². The predicted molar refractivity (Wildman–Crippen MR) is 72.4 cm³/mol. The van der Waals surface area contributed by atoms with E-state index in [9.17, 15) is 9.59 Å². The molecule has 0 spiro atoms. The zero-order chi connectivity index (χ0) is 14.6. The number of benzene rings is 1. The molecule has 0 bridgehead atoms. The second-order valence-electron chi connectivity index (χ2n) is 4.12. The summed E-state index contributed by atoms with van der Waals surface area (Å²) in [6, 6.07) is 6.95. The van der Waals surface area contributed by atoms with Crippen LogP contribution < -0.4 is 9.64 Å². The van der Waals surface area contributed by atoms with Gasteiger partial charge in [0.15, 0.2) is 0 Å². The average molecular weight is 263 g/mol. The Morgan fingerprint density at radius 3 is 2.05 bits per heavy atom. The third kappa shape index (κ3) is 3.34. The highest BCUT2D eigenvalue weighted by Crippen LogP contribution is 2.20. The molecule has 19 heavy (non-hydrogen) atoms. The van der Waals surface area contributed by atoms with Crippen molar-refractivity contribution in [2.75, 3.05) is 19.1 Å². The third-order valence-electron chi connectivity index (χ3n) is 2.97. The molecule has 102 valence electrons. The van der Waals surface area contributed by atoms with Gasteiger partial charge >= 0.3 is 5.97 Å². The van der Waals surface area contributed by atoms with Gasteiger partial charge in [0.1, 0.15) is 5.75 Å². The van der Waals surface area contributed by atoms with Crippen molar-refractivity contribution in [3.8, 4) is 5.75 Å². The molecule has 5 nitrogen and oxygen atoms in total. The lowest BCUT2D eigenvalue weighted by molar-refractivity contribution is -0.133. The second kappa shape index (κ2) is 6.04. The Bertz CT molecular complexity index is 517. The van der Waals surface area contributed by atoms with Crippen LogP contribution in [0.4, 0.5) is 5.69 Å². The van der Waals surface area contributed by atoms with E-state index in [1.54, 1.807) is 38.4 Å². The number of carboxylic acid groups (broad SMARTS) is 1. The van der Waals surface area contributed by atoms with Crippen LogP contribution in [0.3, 0.4) is 0 Å². The maximum absolute atomic E-state index is 12.1. The fourth-order valence-electron chi connectivity index (χ4n) is 1.50. The molecule has 0 aromatic heterocycles. The molecular weight excluding hydrogens is 246 g/mol. The fraction of sp³-hybridized carbons (Fsp3) is 0.286. The lowest BCUT2D eigenvalue weighted by Gasteiger charge is -2.18. The molecule has 0 heterocycles. The van der Waals surface area contributed by atoms with Gasteiger partial charge in [0.2, 0.25) is 0 Å². The number of carbonyl (C=O) groups excluding carboxylic acids is 1. The zero-order valence-electron chi connectivity index (χ0n) is 11.4. The highest BCUT2D eigenvalue weighted by molar-refractivity contribution is 6.09. The normalized spacial score (nSPS) is 11.6. The van der Waals surface area contributed by atoms with Crippen LogP contribution in [-0.2, 0) is 9.59 Å². The number of aliphatic carboxylic acids is 1. The molecule has 1 N–H and O–H groups in total. The smallest absolute Gasteiger partial charge is 0.331 e. The van der Waals surface area contributed by atoms with Crippen molar-refractivity contribution in [1.29, 1.82) is 0 Å². The van der Waals surface area contributed by atoms with Gasteiger partial charge in [-0.3, -0.25) is 4.79 Å². The van der Waals surface area contributed by atoms with Crippen LogP contribution in [0.2, 0.25) is 0 Å². The number of ether oxygens (including phenoxy) is 1. The number of carboxylic acids is 1. The molecule has 1 rings (SSSR count). The topological polar surface area (TPSA) is 66.8 Å². The summed E-state index contributed by atoms with van der Waals surface area (Å²) < 4.78 is 5.04. The molecule has 0 radical (unpaired) electrons. The molecule has 0 aliphatic heterocycles. The zero-order valence-corrected chi connectivity index (χ0v) is 11.4. The van der Waals surface area contributed by atoms with Gasteiger partial charge in [-0.15, -0.1) is 0 Å². The molecule has 0 saturated heterocycles. The first kappa shape index (κ1) is 14.8. The number of amides is 1. The Balaban J connectivity index is 2.99. The van der Waals surface area contributed by atoms with Crippen LogP contribution in [0.5, 0.6) is 5.75 Å². The van der Waals surface area contributed by atoms with Crippen molar-refractivity contribution in [2.24, 2.45) is 0 Å². The summed E-state index contributed by atoms with van der Waals surface area (Å²) in [7, 11) is 3.16. The Hall–Kier alpha value is -2.30. The van der Waals surface area contributed by atoms with E-state index < -0.39 is 5.97 Å². The Morgan fingerprint density at radius 1 is 1.11 bits per heavy atom. The van der Waals surface area contributed by atoms with Gasteiger partial charge in [-0.1, -0.05) is 0 Å². The highest BCUT2D eigenvalue weighted by Gasteiger charge is 2.17. The molecule has 0 fully saturated rings. The van der Waals surface area contributed by atoms with E-state index >= 15 is 0 Å². The average Bonchev–Trinajstić information content (AvgIpc) is 2.44. The summed E-state index contributed by atoms with van der Waals surface area (Å²) in [4.78, 5) is 24.4. The van der Waals surface area contributed by atoms with Gasteiger partial charge in [0.05, 0.1) is 7.11 Å². The van der Waals surface area contributed by atoms with E-state index in [1.165, 1.54) is 18.7 Å². The molecule has 0 saturated carbocycles. The van der Waals surface area contributed by atoms with E-state index in [1.807, 2.05) is 0 Å². The molecule has 1 aromatic rings. The van der Waals surface area contributed by atoms with E-state index in [4.69, 9.17) is 9.84 Å². The summed E-state index contributed by atoms with van der Waals surface area (Å²) in [5.74, 6) is -0.738. The number of methoxy groups -OCH3 is 1. The maximum atomic E-state index is 12.1. The number of hydrogen-bond donors (Lipinski definition) is 1. The first-order valence-corrected chi connectivity index (χ1v) is 5.71. The number of rotatable bonds is 4. The molecule has 5 heteroatoms. The largest absolute Gasteiger partial charge is 0.497 e. The quantitative estimate of drug-likeness (QED) is 0.844. The lowest BCUT2D eigenvalue weighted by Crippen LogP contribution is -2.28. The van der Waals surface area contributed by atoms with E-state index in [0.717, 1.165) is 0 Å². The summed E-state index contributed by atoms with van der Waals surface area (Å²) in [5.41, 5.74) is 0.930.